The number of hydrogen-bond acceptors (Lipinski definition) is 3. The largest absolute Gasteiger partial charge is 0.311 e. The van der Waals surface area contributed by atoms with E-state index in [2.05, 4.69) is 41.9 Å². The lowest BCUT2D eigenvalue weighted by molar-refractivity contribution is 0.549. The molecule has 0 aliphatic heterocycles. The molecule has 3 nitrogen and oxygen atoms in total. The summed E-state index contributed by atoms with van der Waals surface area (Å²) in [6, 6.07) is 2.52. The first-order valence-electron chi connectivity index (χ1n) is 5.95. The average Bonchev–Trinajstić information content (AvgIpc) is 2.72. The third-order valence-electron chi connectivity index (χ3n) is 2.49. The van der Waals surface area contributed by atoms with Crippen molar-refractivity contribution in [3.8, 4) is 0 Å². The van der Waals surface area contributed by atoms with E-state index in [4.69, 9.17) is 0 Å². The molecule has 0 bridgehead atoms. The van der Waals surface area contributed by atoms with Gasteiger partial charge in [0.25, 0.3) is 0 Å². The highest BCUT2D eigenvalue weighted by atomic mass is 32.2. The van der Waals surface area contributed by atoms with Crippen molar-refractivity contribution in [3.63, 3.8) is 0 Å². The van der Waals surface area contributed by atoms with Crippen LogP contribution in [-0.4, -0.2) is 28.3 Å². The zero-order valence-corrected chi connectivity index (χ0v) is 11.5. The number of hydrogen-bond donors (Lipinski definition) is 1. The molecular weight excluding hydrogens is 218 g/mol. The number of nitrogens with one attached hydrogen (secondary N) is 1. The van der Waals surface area contributed by atoms with Gasteiger partial charge in [0.2, 0.25) is 0 Å². The topological polar surface area (TPSA) is 29.9 Å². The maximum atomic E-state index is 4.31. The molecule has 16 heavy (non-hydrogen) atoms. The van der Waals surface area contributed by atoms with Gasteiger partial charge in [-0.15, -0.1) is 0 Å². The van der Waals surface area contributed by atoms with Gasteiger partial charge < -0.3 is 5.32 Å². The molecule has 1 aromatic heterocycles. The van der Waals surface area contributed by atoms with E-state index >= 15 is 0 Å². The molecule has 0 radical (unpaired) electrons. The standard InChI is InChI=1S/C12H23N3S/c1-5-15-12(6-7-14-15)11(13-4)9-16-8-10(2)3/h6-7,10-11,13H,5,8-9H2,1-4H3. The van der Waals surface area contributed by atoms with E-state index in [1.807, 2.05) is 25.0 Å². The molecule has 0 aromatic carbocycles. The Labute approximate surface area is 103 Å². The van der Waals surface area contributed by atoms with Gasteiger partial charge in [-0.05, 0) is 31.7 Å². The van der Waals surface area contributed by atoms with Gasteiger partial charge in [0.15, 0.2) is 0 Å². The molecule has 1 unspecified atom stereocenters. The summed E-state index contributed by atoms with van der Waals surface area (Å²) < 4.78 is 2.07. The van der Waals surface area contributed by atoms with Crippen LogP contribution in [0.1, 0.15) is 32.5 Å². The zero-order chi connectivity index (χ0) is 12.0. The van der Waals surface area contributed by atoms with Crippen LogP contribution in [0.5, 0.6) is 0 Å². The van der Waals surface area contributed by atoms with Crippen LogP contribution in [0.2, 0.25) is 0 Å². The van der Waals surface area contributed by atoms with Crippen molar-refractivity contribution in [1.29, 1.82) is 0 Å². The van der Waals surface area contributed by atoms with E-state index in [9.17, 15) is 0 Å². The molecule has 92 valence electrons. The van der Waals surface area contributed by atoms with Crippen LogP contribution in [0.3, 0.4) is 0 Å². The van der Waals surface area contributed by atoms with E-state index in [1.54, 1.807) is 0 Å². The van der Waals surface area contributed by atoms with Crippen molar-refractivity contribution in [2.24, 2.45) is 5.92 Å². The van der Waals surface area contributed by atoms with Crippen LogP contribution in [0.25, 0.3) is 0 Å². The third kappa shape index (κ3) is 3.83. The van der Waals surface area contributed by atoms with Crippen LogP contribution < -0.4 is 5.32 Å². The van der Waals surface area contributed by atoms with Crippen LogP contribution >= 0.6 is 11.8 Å². The Morgan fingerprint density at radius 2 is 2.19 bits per heavy atom. The second-order valence-electron chi connectivity index (χ2n) is 4.34. The molecule has 0 spiro atoms. The van der Waals surface area contributed by atoms with Crippen molar-refractivity contribution in [2.75, 3.05) is 18.6 Å². The van der Waals surface area contributed by atoms with Crippen molar-refractivity contribution < 1.29 is 0 Å². The number of nitrogens with zero attached hydrogens (tertiary/aromatic N) is 2. The van der Waals surface area contributed by atoms with E-state index in [1.165, 1.54) is 11.4 Å². The van der Waals surface area contributed by atoms with Crippen LogP contribution in [0.4, 0.5) is 0 Å². The Morgan fingerprint density at radius 3 is 2.75 bits per heavy atom. The summed E-state index contributed by atoms with van der Waals surface area (Å²) in [7, 11) is 2.02. The maximum absolute atomic E-state index is 4.31. The lowest BCUT2D eigenvalue weighted by Crippen LogP contribution is -2.22. The van der Waals surface area contributed by atoms with Crippen molar-refractivity contribution in [3.05, 3.63) is 18.0 Å². The first kappa shape index (κ1) is 13.6. The highest BCUT2D eigenvalue weighted by Crippen LogP contribution is 2.19. The predicted octanol–water partition coefficient (Wildman–Crippen LogP) is 2.55. The molecule has 1 aromatic rings. The second-order valence-corrected chi connectivity index (χ2v) is 5.42. The molecule has 1 N–H and O–H groups in total. The molecular formula is C12H23N3S. The Kier molecular flexibility index (Phi) is 5.91. The predicted molar refractivity (Wildman–Crippen MR) is 71.9 cm³/mol. The summed E-state index contributed by atoms with van der Waals surface area (Å²) in [5.74, 6) is 3.09. The number of thioether (sulfide) groups is 1. The minimum atomic E-state index is 0.409. The van der Waals surface area contributed by atoms with E-state index in [-0.39, 0.29) is 0 Å². The zero-order valence-electron chi connectivity index (χ0n) is 10.7. The fourth-order valence-electron chi connectivity index (χ4n) is 1.64. The number of aryl methyl sites for hydroxylation is 1. The normalized spacial score (nSPS) is 13.3. The average molecular weight is 241 g/mol. The first-order valence-corrected chi connectivity index (χ1v) is 7.11. The van der Waals surface area contributed by atoms with Gasteiger partial charge in [0.05, 0.1) is 11.7 Å². The lowest BCUT2D eigenvalue weighted by atomic mass is 10.2. The highest BCUT2D eigenvalue weighted by molar-refractivity contribution is 7.99. The lowest BCUT2D eigenvalue weighted by Gasteiger charge is -2.17. The fourth-order valence-corrected chi connectivity index (χ4v) is 2.82. The summed E-state index contributed by atoms with van der Waals surface area (Å²) in [6.45, 7) is 7.59. The Bertz CT molecular complexity index is 296. The van der Waals surface area contributed by atoms with E-state index in [0.717, 1.165) is 18.2 Å². The third-order valence-corrected chi connectivity index (χ3v) is 3.96. The summed E-state index contributed by atoms with van der Waals surface area (Å²) in [6.07, 6.45) is 1.89. The fraction of sp³-hybridized carbons (Fsp3) is 0.750. The monoisotopic (exact) mass is 241 g/mol. The Hall–Kier alpha value is -0.480. The Morgan fingerprint density at radius 1 is 1.44 bits per heavy atom. The van der Waals surface area contributed by atoms with Gasteiger partial charge in [0.1, 0.15) is 0 Å². The smallest absolute Gasteiger partial charge is 0.0581 e. The van der Waals surface area contributed by atoms with Gasteiger partial charge in [-0.25, -0.2) is 0 Å². The minimum Gasteiger partial charge on any atom is -0.311 e. The number of rotatable bonds is 7. The Balaban J connectivity index is 2.53. The molecule has 0 saturated carbocycles. The van der Waals surface area contributed by atoms with Gasteiger partial charge in [0, 0.05) is 18.5 Å². The molecule has 0 aliphatic rings. The first-order chi connectivity index (χ1) is 7.69. The van der Waals surface area contributed by atoms with E-state index in [0.29, 0.717) is 6.04 Å². The molecule has 1 rings (SSSR count). The van der Waals surface area contributed by atoms with Gasteiger partial charge in [-0.2, -0.15) is 16.9 Å². The van der Waals surface area contributed by atoms with Crippen molar-refractivity contribution in [1.82, 2.24) is 15.1 Å². The molecule has 4 heteroatoms. The maximum Gasteiger partial charge on any atom is 0.0581 e. The van der Waals surface area contributed by atoms with Crippen molar-refractivity contribution in [2.45, 2.75) is 33.4 Å². The quantitative estimate of drug-likeness (QED) is 0.795. The molecule has 0 fully saturated rings. The summed E-state index contributed by atoms with van der Waals surface area (Å²) in [5.41, 5.74) is 1.29. The second kappa shape index (κ2) is 6.97. The molecule has 0 saturated heterocycles. The number of aromatic nitrogens is 2. The van der Waals surface area contributed by atoms with Gasteiger partial charge in [-0.3, -0.25) is 4.68 Å². The molecule has 1 atom stereocenters. The minimum absolute atomic E-state index is 0.409. The molecule has 1 heterocycles. The highest BCUT2D eigenvalue weighted by Gasteiger charge is 2.13. The summed E-state index contributed by atoms with van der Waals surface area (Å²) >= 11 is 2.01. The van der Waals surface area contributed by atoms with Gasteiger partial charge >= 0.3 is 0 Å². The van der Waals surface area contributed by atoms with Crippen molar-refractivity contribution >= 4 is 11.8 Å². The van der Waals surface area contributed by atoms with Crippen LogP contribution in [-0.2, 0) is 6.54 Å². The molecule has 0 amide bonds. The van der Waals surface area contributed by atoms with Gasteiger partial charge in [-0.1, -0.05) is 13.8 Å². The van der Waals surface area contributed by atoms with Crippen LogP contribution in [0, 0.1) is 5.92 Å². The SMILES string of the molecule is CCn1nccc1C(CSCC(C)C)NC. The van der Waals surface area contributed by atoms with E-state index < -0.39 is 0 Å². The summed E-state index contributed by atoms with van der Waals surface area (Å²) in [5, 5.41) is 7.69. The summed E-state index contributed by atoms with van der Waals surface area (Å²) in [4.78, 5) is 0. The van der Waals surface area contributed by atoms with Crippen LogP contribution in [0.15, 0.2) is 12.3 Å². The molecule has 0 aliphatic carbocycles.